The average molecular weight is 608 g/mol. The van der Waals surface area contributed by atoms with Gasteiger partial charge < -0.3 is 34.2 Å². The molecule has 2 aromatic carbocycles. The Morgan fingerprint density at radius 1 is 1.16 bits per heavy atom. The number of nitrogens with zero attached hydrogens (tertiary/aromatic N) is 7. The van der Waals surface area contributed by atoms with Crippen LogP contribution in [0.4, 0.5) is 23.0 Å². The lowest BCUT2D eigenvalue weighted by Crippen LogP contribution is -2.29. The highest BCUT2D eigenvalue weighted by Crippen LogP contribution is 2.41. The van der Waals surface area contributed by atoms with Gasteiger partial charge in [-0.15, -0.1) is 10.2 Å². The number of ether oxygens (including phenoxy) is 1. The van der Waals surface area contributed by atoms with Crippen LogP contribution in [0.3, 0.4) is 0 Å². The minimum Gasteiger partial charge on any atom is -0.494 e. The zero-order valence-corrected chi connectivity index (χ0v) is 26.2. The van der Waals surface area contributed by atoms with Crippen LogP contribution in [0.15, 0.2) is 59.8 Å². The molecular formula is C33H37N9O3. The normalized spacial score (nSPS) is 12.4. The quantitative estimate of drug-likeness (QED) is 0.192. The molecule has 2 N–H and O–H groups in total. The molecule has 0 atom stereocenters. The van der Waals surface area contributed by atoms with Gasteiger partial charge in [-0.05, 0) is 44.6 Å². The summed E-state index contributed by atoms with van der Waals surface area (Å²) in [6.45, 7) is 7.87. The van der Waals surface area contributed by atoms with Crippen LogP contribution in [-0.2, 0) is 17.8 Å². The van der Waals surface area contributed by atoms with Gasteiger partial charge in [0.15, 0.2) is 0 Å². The van der Waals surface area contributed by atoms with E-state index in [0.29, 0.717) is 46.1 Å². The van der Waals surface area contributed by atoms with E-state index in [2.05, 4.69) is 71.2 Å². The molecule has 1 aliphatic rings. The molecule has 0 unspecified atom stereocenters. The van der Waals surface area contributed by atoms with Crippen molar-refractivity contribution >= 4 is 39.8 Å². The average Bonchev–Trinajstić information content (AvgIpc) is 3.64. The minimum atomic E-state index is -0.320. The molecule has 0 aliphatic carbocycles. The van der Waals surface area contributed by atoms with E-state index in [-0.39, 0.29) is 5.91 Å². The van der Waals surface area contributed by atoms with E-state index in [4.69, 9.17) is 14.1 Å². The Kier molecular flexibility index (Phi) is 8.22. The van der Waals surface area contributed by atoms with Gasteiger partial charge in [-0.2, -0.15) is 0 Å². The lowest BCUT2D eigenvalue weighted by molar-refractivity contribution is -0.111. The van der Waals surface area contributed by atoms with Crippen LogP contribution in [-0.4, -0.2) is 76.9 Å². The van der Waals surface area contributed by atoms with Crippen LogP contribution < -0.4 is 20.3 Å². The number of carbonyl (C=O) groups is 1. The van der Waals surface area contributed by atoms with E-state index in [1.54, 1.807) is 20.2 Å². The second-order valence-corrected chi connectivity index (χ2v) is 11.3. The molecule has 3 aromatic heterocycles. The molecule has 0 saturated carbocycles. The number of carbonyl (C=O) groups excluding carboxylic acids is 1. The summed E-state index contributed by atoms with van der Waals surface area (Å²) >= 11 is 0. The van der Waals surface area contributed by atoms with Crippen molar-refractivity contribution in [1.82, 2.24) is 29.6 Å². The summed E-state index contributed by atoms with van der Waals surface area (Å²) in [4.78, 5) is 26.3. The maximum Gasteiger partial charge on any atom is 0.251 e. The Morgan fingerprint density at radius 2 is 2.00 bits per heavy atom. The molecule has 6 rings (SSSR count). The number of methoxy groups -OCH3 is 1. The number of para-hydroxylation sites is 1. The molecule has 45 heavy (non-hydrogen) atoms. The van der Waals surface area contributed by atoms with Crippen LogP contribution in [0, 0.1) is 6.92 Å². The number of hydrogen-bond acceptors (Lipinski definition) is 10. The third-order valence-electron chi connectivity index (χ3n) is 7.93. The molecule has 0 saturated heterocycles. The molecule has 5 aromatic rings. The Bertz CT molecular complexity index is 1890. The Morgan fingerprint density at radius 3 is 2.73 bits per heavy atom. The summed E-state index contributed by atoms with van der Waals surface area (Å²) in [6.07, 6.45) is 7.21. The fourth-order valence-electron chi connectivity index (χ4n) is 5.68. The van der Waals surface area contributed by atoms with E-state index in [0.717, 1.165) is 49.1 Å². The van der Waals surface area contributed by atoms with E-state index >= 15 is 0 Å². The smallest absolute Gasteiger partial charge is 0.251 e. The van der Waals surface area contributed by atoms with Crippen molar-refractivity contribution in [3.05, 3.63) is 66.8 Å². The first kappa shape index (κ1) is 29.8. The Hall–Kier alpha value is -5.23. The van der Waals surface area contributed by atoms with E-state index in [1.807, 2.05) is 33.3 Å². The largest absolute Gasteiger partial charge is 0.494 e. The molecule has 12 heteroatoms. The summed E-state index contributed by atoms with van der Waals surface area (Å²) in [5.74, 6) is 1.38. The van der Waals surface area contributed by atoms with Gasteiger partial charge in [0.25, 0.3) is 5.89 Å². The predicted octanol–water partition coefficient (Wildman–Crippen LogP) is 5.28. The molecule has 0 bridgehead atoms. The zero-order chi connectivity index (χ0) is 31.7. The van der Waals surface area contributed by atoms with E-state index in [9.17, 15) is 4.79 Å². The SMILES string of the molecule is C=CC(=O)Nc1cc(Nc2ncc(-c3nnc(C)o3)c(-c3cn4c5c(cccc35)CCC4)n2)c(OC)cc1N(C)CCN(C)C. The van der Waals surface area contributed by atoms with E-state index in [1.165, 1.54) is 17.2 Å². The highest BCUT2D eigenvalue weighted by Gasteiger charge is 2.24. The van der Waals surface area contributed by atoms with Gasteiger partial charge in [0, 0.05) is 63.0 Å². The van der Waals surface area contributed by atoms with Crippen LogP contribution in [0.2, 0.25) is 0 Å². The number of likely N-dealkylation sites (N-methyl/N-ethyl adjacent to an activating group) is 2. The molecule has 12 nitrogen and oxygen atoms in total. The van der Waals surface area contributed by atoms with Gasteiger partial charge in [0.1, 0.15) is 5.75 Å². The highest BCUT2D eigenvalue weighted by atomic mass is 16.5. The third kappa shape index (κ3) is 5.96. The first-order valence-corrected chi connectivity index (χ1v) is 14.8. The first-order valence-electron chi connectivity index (χ1n) is 14.8. The van der Waals surface area contributed by atoms with Gasteiger partial charge in [-0.3, -0.25) is 4.79 Å². The zero-order valence-electron chi connectivity index (χ0n) is 26.2. The fraction of sp³-hybridized carbons (Fsp3) is 0.303. The number of benzene rings is 2. The number of anilines is 4. The standard InChI is InChI=1S/C33H37N9O3/c1-7-29(43)35-25-16-26(28(44-6)17-27(25)41(5)15-14-40(3)4)36-33-34-18-23(32-39-38-20(2)45-32)30(37-33)24-19-42-13-9-11-21-10-8-12-22(24)31(21)42/h7-8,10,12,16-19H,1,9,11,13-15H2,2-6H3,(H,35,43)(H,34,36,37). The molecule has 232 valence electrons. The van der Waals surface area contributed by atoms with Gasteiger partial charge in [-0.25, -0.2) is 9.97 Å². The molecule has 1 amide bonds. The lowest BCUT2D eigenvalue weighted by Gasteiger charge is -2.26. The maximum absolute atomic E-state index is 12.4. The molecule has 1 aliphatic heterocycles. The first-order chi connectivity index (χ1) is 21.7. The van der Waals surface area contributed by atoms with Crippen molar-refractivity contribution in [2.75, 3.05) is 56.9 Å². The van der Waals surface area contributed by atoms with Gasteiger partial charge in [0.2, 0.25) is 17.7 Å². The molecule has 0 radical (unpaired) electrons. The lowest BCUT2D eigenvalue weighted by atomic mass is 10.0. The summed E-state index contributed by atoms with van der Waals surface area (Å²) in [5, 5.41) is 15.7. The number of amides is 1. The second kappa shape index (κ2) is 12.4. The van der Waals surface area contributed by atoms with Gasteiger partial charge in [0.05, 0.1) is 40.9 Å². The van der Waals surface area contributed by atoms with E-state index < -0.39 is 0 Å². The summed E-state index contributed by atoms with van der Waals surface area (Å²) in [6, 6.07) is 10.1. The van der Waals surface area contributed by atoms with Crippen molar-refractivity contribution in [1.29, 1.82) is 0 Å². The number of aromatic nitrogens is 5. The second-order valence-electron chi connectivity index (χ2n) is 11.3. The van der Waals surface area contributed by atoms with Crippen molar-refractivity contribution in [3.8, 4) is 28.5 Å². The van der Waals surface area contributed by atoms with Gasteiger partial charge >= 0.3 is 0 Å². The Balaban J connectivity index is 1.45. The number of rotatable bonds is 11. The van der Waals surface area contributed by atoms with Crippen LogP contribution in [0.1, 0.15) is 17.9 Å². The fourth-order valence-corrected chi connectivity index (χ4v) is 5.68. The molecular weight excluding hydrogens is 570 g/mol. The predicted molar refractivity (Wildman–Crippen MR) is 176 cm³/mol. The monoisotopic (exact) mass is 607 g/mol. The molecule has 4 heterocycles. The summed E-state index contributed by atoms with van der Waals surface area (Å²) in [5.41, 5.74) is 6.76. The number of hydrogen-bond donors (Lipinski definition) is 2. The maximum atomic E-state index is 12.4. The number of nitrogens with one attached hydrogen (secondary N) is 2. The van der Waals surface area contributed by atoms with Gasteiger partial charge in [-0.1, -0.05) is 24.8 Å². The van der Waals surface area contributed by atoms with Crippen molar-refractivity contribution in [2.45, 2.75) is 26.3 Å². The van der Waals surface area contributed by atoms with Crippen molar-refractivity contribution in [2.24, 2.45) is 0 Å². The van der Waals surface area contributed by atoms with Crippen LogP contribution >= 0.6 is 0 Å². The van der Waals surface area contributed by atoms with Crippen LogP contribution in [0.25, 0.3) is 33.6 Å². The van der Waals surface area contributed by atoms with Crippen LogP contribution in [0.5, 0.6) is 5.75 Å². The topological polar surface area (TPSA) is 126 Å². The van der Waals surface area contributed by atoms with Crippen molar-refractivity contribution in [3.63, 3.8) is 0 Å². The Labute approximate surface area is 261 Å². The third-order valence-corrected chi connectivity index (χ3v) is 7.93. The molecule has 0 spiro atoms. The number of aryl methyl sites for hydroxylation is 3. The summed E-state index contributed by atoms with van der Waals surface area (Å²) < 4.78 is 13.9. The van der Waals surface area contributed by atoms with Crippen molar-refractivity contribution < 1.29 is 13.9 Å². The minimum absolute atomic E-state index is 0.320. The summed E-state index contributed by atoms with van der Waals surface area (Å²) in [7, 11) is 7.62. The highest BCUT2D eigenvalue weighted by molar-refractivity contribution is 6.02. The molecule has 0 fully saturated rings.